The number of ether oxygens (including phenoxy) is 1. The average Bonchev–Trinajstić information content (AvgIpc) is 2.91. The molecular formula is C15H21F2NO. The Morgan fingerprint density at radius 1 is 1.37 bits per heavy atom. The van der Waals surface area contributed by atoms with Crippen LogP contribution in [-0.4, -0.2) is 19.8 Å². The lowest BCUT2D eigenvalue weighted by molar-refractivity contribution is 0.101. The topological polar surface area (TPSA) is 21.3 Å². The monoisotopic (exact) mass is 269 g/mol. The van der Waals surface area contributed by atoms with Crippen LogP contribution in [0, 0.1) is 11.6 Å². The predicted octanol–water partition coefficient (Wildman–Crippen LogP) is 3.57. The van der Waals surface area contributed by atoms with Gasteiger partial charge in [0.05, 0.1) is 6.10 Å². The molecule has 1 aliphatic heterocycles. The van der Waals surface area contributed by atoms with Crippen molar-refractivity contribution < 1.29 is 13.5 Å². The second-order valence-electron chi connectivity index (χ2n) is 5.08. The molecule has 2 unspecified atom stereocenters. The van der Waals surface area contributed by atoms with E-state index in [-0.39, 0.29) is 6.04 Å². The first-order valence-electron chi connectivity index (χ1n) is 6.94. The van der Waals surface area contributed by atoms with E-state index in [2.05, 4.69) is 5.32 Å². The Labute approximate surface area is 113 Å². The summed E-state index contributed by atoms with van der Waals surface area (Å²) in [6, 6.07) is 4.18. The summed E-state index contributed by atoms with van der Waals surface area (Å²) in [4.78, 5) is 0. The predicted molar refractivity (Wildman–Crippen MR) is 71.0 cm³/mol. The minimum absolute atomic E-state index is 0.0662. The third-order valence-electron chi connectivity index (χ3n) is 3.74. The minimum Gasteiger partial charge on any atom is -0.378 e. The first-order chi connectivity index (χ1) is 9.20. The second kappa shape index (κ2) is 6.96. The maximum absolute atomic E-state index is 13.2. The molecule has 106 valence electrons. The highest BCUT2D eigenvalue weighted by Gasteiger charge is 2.17. The fourth-order valence-corrected chi connectivity index (χ4v) is 2.63. The Morgan fingerprint density at radius 2 is 2.21 bits per heavy atom. The summed E-state index contributed by atoms with van der Waals surface area (Å²) in [6.45, 7) is 0.878. The van der Waals surface area contributed by atoms with Crippen molar-refractivity contribution in [2.45, 2.75) is 44.2 Å². The van der Waals surface area contributed by atoms with Crippen molar-refractivity contribution in [3.8, 4) is 0 Å². The van der Waals surface area contributed by atoms with Gasteiger partial charge in [0.25, 0.3) is 0 Å². The van der Waals surface area contributed by atoms with Crippen molar-refractivity contribution >= 4 is 0 Å². The van der Waals surface area contributed by atoms with Crippen LogP contribution in [0.15, 0.2) is 18.2 Å². The zero-order valence-corrected chi connectivity index (χ0v) is 11.3. The van der Waals surface area contributed by atoms with Crippen LogP contribution in [0.2, 0.25) is 0 Å². The highest BCUT2D eigenvalue weighted by atomic mass is 19.2. The van der Waals surface area contributed by atoms with Crippen LogP contribution in [-0.2, 0) is 4.74 Å². The molecule has 1 heterocycles. The second-order valence-corrected chi connectivity index (χ2v) is 5.08. The van der Waals surface area contributed by atoms with Crippen LogP contribution in [0.25, 0.3) is 0 Å². The van der Waals surface area contributed by atoms with Gasteiger partial charge >= 0.3 is 0 Å². The molecule has 1 aromatic rings. The highest BCUT2D eigenvalue weighted by molar-refractivity contribution is 5.21. The van der Waals surface area contributed by atoms with Gasteiger partial charge in [-0.1, -0.05) is 6.07 Å². The Kier molecular flexibility index (Phi) is 5.28. The SMILES string of the molecule is CNC(CCCC1CCCO1)c1ccc(F)c(F)c1. The van der Waals surface area contributed by atoms with Gasteiger partial charge in [0.1, 0.15) is 0 Å². The van der Waals surface area contributed by atoms with Gasteiger partial charge in [-0.2, -0.15) is 0 Å². The number of nitrogens with one attached hydrogen (secondary N) is 1. The van der Waals surface area contributed by atoms with E-state index in [1.54, 1.807) is 6.07 Å². The van der Waals surface area contributed by atoms with E-state index in [0.29, 0.717) is 6.10 Å². The van der Waals surface area contributed by atoms with E-state index >= 15 is 0 Å². The molecule has 1 saturated heterocycles. The van der Waals surface area contributed by atoms with E-state index in [0.717, 1.165) is 44.3 Å². The van der Waals surface area contributed by atoms with Crippen LogP contribution in [0.5, 0.6) is 0 Å². The van der Waals surface area contributed by atoms with Crippen LogP contribution in [0.3, 0.4) is 0 Å². The Bertz CT molecular complexity index is 405. The van der Waals surface area contributed by atoms with E-state index in [1.807, 2.05) is 7.05 Å². The number of benzene rings is 1. The molecule has 0 saturated carbocycles. The van der Waals surface area contributed by atoms with Gasteiger partial charge in [0, 0.05) is 12.6 Å². The van der Waals surface area contributed by atoms with Crippen LogP contribution in [0.4, 0.5) is 8.78 Å². The van der Waals surface area contributed by atoms with Crippen molar-refractivity contribution in [2.75, 3.05) is 13.7 Å². The van der Waals surface area contributed by atoms with Crippen LogP contribution >= 0.6 is 0 Å². The highest BCUT2D eigenvalue weighted by Crippen LogP contribution is 2.24. The van der Waals surface area contributed by atoms with E-state index in [9.17, 15) is 8.78 Å². The third kappa shape index (κ3) is 3.98. The summed E-state index contributed by atoms with van der Waals surface area (Å²) in [5.41, 5.74) is 0.800. The van der Waals surface area contributed by atoms with E-state index < -0.39 is 11.6 Å². The quantitative estimate of drug-likeness (QED) is 0.852. The lowest BCUT2D eigenvalue weighted by Gasteiger charge is -2.18. The average molecular weight is 269 g/mol. The molecule has 19 heavy (non-hydrogen) atoms. The fraction of sp³-hybridized carbons (Fsp3) is 0.600. The molecule has 0 spiro atoms. The van der Waals surface area contributed by atoms with Crippen molar-refractivity contribution in [1.82, 2.24) is 5.32 Å². The van der Waals surface area contributed by atoms with Crippen molar-refractivity contribution in [2.24, 2.45) is 0 Å². The Balaban J connectivity index is 1.86. The van der Waals surface area contributed by atoms with Crippen LogP contribution in [0.1, 0.15) is 43.7 Å². The summed E-state index contributed by atoms with van der Waals surface area (Å²) in [5, 5.41) is 3.16. The number of hydrogen-bond donors (Lipinski definition) is 1. The lowest BCUT2D eigenvalue weighted by Crippen LogP contribution is -2.17. The first kappa shape index (κ1) is 14.4. The number of rotatable bonds is 6. The van der Waals surface area contributed by atoms with Gasteiger partial charge in [-0.05, 0) is 56.8 Å². The van der Waals surface area contributed by atoms with Gasteiger partial charge in [0.2, 0.25) is 0 Å². The molecule has 1 aromatic carbocycles. The Morgan fingerprint density at radius 3 is 2.84 bits per heavy atom. The van der Waals surface area contributed by atoms with E-state index in [1.165, 1.54) is 12.1 Å². The van der Waals surface area contributed by atoms with Crippen LogP contribution < -0.4 is 5.32 Å². The Hall–Kier alpha value is -1.00. The summed E-state index contributed by atoms with van der Waals surface area (Å²) in [6.07, 6.45) is 5.67. The maximum Gasteiger partial charge on any atom is 0.159 e. The van der Waals surface area contributed by atoms with Gasteiger partial charge in [-0.3, -0.25) is 0 Å². The molecule has 2 atom stereocenters. The molecule has 0 bridgehead atoms. The van der Waals surface area contributed by atoms with Gasteiger partial charge in [-0.15, -0.1) is 0 Å². The molecule has 4 heteroatoms. The van der Waals surface area contributed by atoms with Gasteiger partial charge in [0.15, 0.2) is 11.6 Å². The molecule has 0 radical (unpaired) electrons. The molecule has 1 N–H and O–H groups in total. The molecule has 1 aliphatic rings. The first-order valence-corrected chi connectivity index (χ1v) is 6.94. The standard InChI is InChI=1S/C15H21F2NO/c1-18-15(6-2-4-12-5-3-9-19-12)11-7-8-13(16)14(17)10-11/h7-8,10,12,15,18H,2-6,9H2,1H3. The molecule has 0 aromatic heterocycles. The molecule has 0 amide bonds. The molecule has 0 aliphatic carbocycles. The van der Waals surface area contributed by atoms with Crippen molar-refractivity contribution in [3.05, 3.63) is 35.4 Å². The normalized spacial score (nSPS) is 20.7. The number of hydrogen-bond acceptors (Lipinski definition) is 2. The zero-order chi connectivity index (χ0) is 13.7. The maximum atomic E-state index is 13.2. The smallest absolute Gasteiger partial charge is 0.159 e. The molecule has 2 nitrogen and oxygen atoms in total. The molecule has 1 fully saturated rings. The summed E-state index contributed by atoms with van der Waals surface area (Å²) in [7, 11) is 1.85. The van der Waals surface area contributed by atoms with Crippen molar-refractivity contribution in [1.29, 1.82) is 0 Å². The lowest BCUT2D eigenvalue weighted by atomic mass is 9.99. The minimum atomic E-state index is -0.794. The van der Waals surface area contributed by atoms with Crippen molar-refractivity contribution in [3.63, 3.8) is 0 Å². The van der Waals surface area contributed by atoms with Gasteiger partial charge < -0.3 is 10.1 Å². The van der Waals surface area contributed by atoms with E-state index in [4.69, 9.17) is 4.74 Å². The van der Waals surface area contributed by atoms with Gasteiger partial charge in [-0.25, -0.2) is 8.78 Å². The summed E-state index contributed by atoms with van der Waals surface area (Å²) in [5.74, 6) is -1.57. The summed E-state index contributed by atoms with van der Waals surface area (Å²) >= 11 is 0. The zero-order valence-electron chi connectivity index (χ0n) is 11.3. The largest absolute Gasteiger partial charge is 0.378 e. The molecular weight excluding hydrogens is 248 g/mol. The molecule has 2 rings (SSSR count). The third-order valence-corrected chi connectivity index (χ3v) is 3.74. The summed E-state index contributed by atoms with van der Waals surface area (Å²) < 4.78 is 31.7. The fourth-order valence-electron chi connectivity index (χ4n) is 2.63. The number of halogens is 2.